The van der Waals surface area contributed by atoms with Gasteiger partial charge in [0.2, 0.25) is 0 Å². The maximum atomic E-state index is 2.37. The molecule has 0 aromatic rings. The van der Waals surface area contributed by atoms with Crippen LogP contribution in [-0.4, -0.2) is 0 Å². The zero-order valence-electron chi connectivity index (χ0n) is 9.35. The lowest BCUT2D eigenvalue weighted by Crippen LogP contribution is -2.10. The minimum Gasteiger partial charge on any atom is -0.0880 e. The number of hydrogen-bond acceptors (Lipinski definition) is 0. The van der Waals surface area contributed by atoms with Crippen LogP contribution in [0.25, 0.3) is 0 Å². The van der Waals surface area contributed by atoms with E-state index in [0.29, 0.717) is 5.41 Å². The summed E-state index contributed by atoms with van der Waals surface area (Å²) >= 11 is 0. The lowest BCUT2D eigenvalue weighted by molar-refractivity contribution is 0.365. The topological polar surface area (TPSA) is 0 Å². The summed E-state index contributed by atoms with van der Waals surface area (Å²) < 4.78 is 0. The van der Waals surface area contributed by atoms with E-state index in [1.54, 1.807) is 0 Å². The Morgan fingerprint density at radius 1 is 1.25 bits per heavy atom. The van der Waals surface area contributed by atoms with Gasteiger partial charge in [-0.15, -0.1) is 0 Å². The summed E-state index contributed by atoms with van der Waals surface area (Å²) in [6.07, 6.45) is 8.46. The molecule has 0 bridgehead atoms. The van der Waals surface area contributed by atoms with Crippen molar-refractivity contribution in [1.29, 1.82) is 0 Å². The molecule has 0 saturated carbocycles. The third kappa shape index (κ3) is 6.45. The van der Waals surface area contributed by atoms with Crippen LogP contribution in [0.15, 0.2) is 12.2 Å². The molecule has 0 atom stereocenters. The Hall–Kier alpha value is -0.260. The molecular weight excluding hydrogens is 144 g/mol. The van der Waals surface area contributed by atoms with Crippen LogP contribution in [-0.2, 0) is 0 Å². The van der Waals surface area contributed by atoms with E-state index in [4.69, 9.17) is 0 Å². The van der Waals surface area contributed by atoms with Gasteiger partial charge in [0, 0.05) is 0 Å². The van der Waals surface area contributed by atoms with Crippen molar-refractivity contribution >= 4 is 0 Å². The molecule has 0 aliphatic heterocycles. The van der Waals surface area contributed by atoms with Crippen molar-refractivity contribution in [3.63, 3.8) is 0 Å². The second kappa shape index (κ2) is 5.40. The molecule has 0 nitrogen and oxygen atoms in total. The summed E-state index contributed by atoms with van der Waals surface area (Å²) in [5.74, 6) is 0.797. The number of hydrogen-bond donors (Lipinski definition) is 0. The van der Waals surface area contributed by atoms with Gasteiger partial charge in [-0.3, -0.25) is 0 Å². The third-order valence-electron chi connectivity index (χ3n) is 1.96. The van der Waals surface area contributed by atoms with Gasteiger partial charge in [0.15, 0.2) is 0 Å². The quantitative estimate of drug-likeness (QED) is 0.533. The van der Waals surface area contributed by atoms with E-state index in [1.165, 1.54) is 19.3 Å². The normalized spacial score (nSPS) is 13.2. The van der Waals surface area contributed by atoms with Gasteiger partial charge in [-0.2, -0.15) is 0 Å². The Kier molecular flexibility index (Phi) is 5.28. The van der Waals surface area contributed by atoms with E-state index < -0.39 is 0 Å². The fourth-order valence-electron chi connectivity index (χ4n) is 1.69. The average molecular weight is 168 g/mol. The van der Waals surface area contributed by atoms with Crippen LogP contribution in [0.1, 0.15) is 53.9 Å². The third-order valence-corrected chi connectivity index (χ3v) is 1.96. The van der Waals surface area contributed by atoms with Gasteiger partial charge in [-0.05, 0) is 24.2 Å². The van der Waals surface area contributed by atoms with Crippen LogP contribution in [0, 0.1) is 11.3 Å². The average Bonchev–Trinajstić information content (AvgIpc) is 1.84. The molecule has 0 aromatic carbocycles. The Morgan fingerprint density at radius 3 is 2.25 bits per heavy atom. The molecule has 0 radical (unpaired) electrons. The van der Waals surface area contributed by atoms with Crippen molar-refractivity contribution in [3.8, 4) is 0 Å². The van der Waals surface area contributed by atoms with Crippen LogP contribution >= 0.6 is 0 Å². The van der Waals surface area contributed by atoms with E-state index in [0.717, 1.165) is 5.92 Å². The summed E-state index contributed by atoms with van der Waals surface area (Å²) in [4.78, 5) is 0. The molecule has 0 heteroatoms. The van der Waals surface area contributed by atoms with E-state index in [1.807, 2.05) is 0 Å². The van der Waals surface area contributed by atoms with Gasteiger partial charge in [-0.1, -0.05) is 53.2 Å². The zero-order chi connectivity index (χ0) is 9.61. The highest BCUT2D eigenvalue weighted by Gasteiger charge is 2.14. The number of unbranched alkanes of at least 4 members (excludes halogenated alkanes) is 1. The van der Waals surface area contributed by atoms with Crippen molar-refractivity contribution in [3.05, 3.63) is 12.2 Å². The summed E-state index contributed by atoms with van der Waals surface area (Å²) in [5.41, 5.74) is 0.392. The van der Waals surface area contributed by atoms with Crippen LogP contribution in [0.4, 0.5) is 0 Å². The largest absolute Gasteiger partial charge is 0.0880 e. The van der Waals surface area contributed by atoms with Crippen molar-refractivity contribution < 1.29 is 0 Å². The first kappa shape index (κ1) is 11.7. The smallest absolute Gasteiger partial charge is 0.0172 e. The molecule has 0 rings (SSSR count). The highest BCUT2D eigenvalue weighted by Crippen LogP contribution is 2.26. The highest BCUT2D eigenvalue weighted by molar-refractivity contribution is 4.94. The lowest BCUT2D eigenvalue weighted by atomic mass is 9.83. The van der Waals surface area contributed by atoms with E-state index >= 15 is 0 Å². The minimum atomic E-state index is 0.392. The van der Waals surface area contributed by atoms with E-state index in [2.05, 4.69) is 46.8 Å². The molecule has 0 aliphatic rings. The maximum Gasteiger partial charge on any atom is -0.0172 e. The first-order chi connectivity index (χ1) is 5.48. The molecule has 0 amide bonds. The SMILES string of the molecule is CCC/C=C/C(C)(C)CC(C)C. The fourth-order valence-corrected chi connectivity index (χ4v) is 1.69. The summed E-state index contributed by atoms with van der Waals surface area (Å²) in [6, 6.07) is 0. The van der Waals surface area contributed by atoms with Crippen molar-refractivity contribution in [2.24, 2.45) is 11.3 Å². The van der Waals surface area contributed by atoms with Gasteiger partial charge < -0.3 is 0 Å². The molecular formula is C12H24. The highest BCUT2D eigenvalue weighted by atomic mass is 14.2. The van der Waals surface area contributed by atoms with Crippen molar-refractivity contribution in [2.75, 3.05) is 0 Å². The minimum absolute atomic E-state index is 0.392. The van der Waals surface area contributed by atoms with Gasteiger partial charge in [0.1, 0.15) is 0 Å². The molecule has 0 aromatic heterocycles. The Morgan fingerprint density at radius 2 is 1.83 bits per heavy atom. The molecule has 0 unspecified atom stereocenters. The van der Waals surface area contributed by atoms with Crippen molar-refractivity contribution in [2.45, 2.75) is 53.9 Å². The van der Waals surface area contributed by atoms with Crippen LogP contribution in [0.5, 0.6) is 0 Å². The van der Waals surface area contributed by atoms with E-state index in [9.17, 15) is 0 Å². The first-order valence-corrected chi connectivity index (χ1v) is 5.15. The molecule has 0 heterocycles. The number of rotatable bonds is 5. The van der Waals surface area contributed by atoms with Crippen molar-refractivity contribution in [1.82, 2.24) is 0 Å². The zero-order valence-corrected chi connectivity index (χ0v) is 9.35. The fraction of sp³-hybridized carbons (Fsp3) is 0.833. The molecule has 0 spiro atoms. The second-order valence-corrected chi connectivity index (χ2v) is 4.78. The molecule has 0 fully saturated rings. The Balaban J connectivity index is 3.85. The lowest BCUT2D eigenvalue weighted by Gasteiger charge is -2.22. The number of allylic oxidation sites excluding steroid dienone is 2. The maximum absolute atomic E-state index is 2.37. The monoisotopic (exact) mass is 168 g/mol. The van der Waals surface area contributed by atoms with Gasteiger partial charge in [0.05, 0.1) is 0 Å². The summed E-state index contributed by atoms with van der Waals surface area (Å²) in [6.45, 7) is 11.4. The summed E-state index contributed by atoms with van der Waals surface area (Å²) in [7, 11) is 0. The van der Waals surface area contributed by atoms with Crippen LogP contribution in [0.3, 0.4) is 0 Å². The Labute approximate surface area is 78.1 Å². The predicted molar refractivity (Wildman–Crippen MR) is 57.3 cm³/mol. The second-order valence-electron chi connectivity index (χ2n) is 4.78. The molecule has 0 saturated heterocycles. The standard InChI is InChI=1S/C12H24/c1-6-7-8-9-12(4,5)10-11(2)3/h8-9,11H,6-7,10H2,1-5H3/b9-8+. The molecule has 12 heavy (non-hydrogen) atoms. The molecule has 0 N–H and O–H groups in total. The predicted octanol–water partition coefficient (Wildman–Crippen LogP) is 4.42. The summed E-state index contributed by atoms with van der Waals surface area (Å²) in [5, 5.41) is 0. The van der Waals surface area contributed by atoms with Gasteiger partial charge in [-0.25, -0.2) is 0 Å². The first-order valence-electron chi connectivity index (χ1n) is 5.15. The molecule has 0 aliphatic carbocycles. The Bertz CT molecular complexity index is 129. The van der Waals surface area contributed by atoms with Gasteiger partial charge >= 0.3 is 0 Å². The van der Waals surface area contributed by atoms with Crippen LogP contribution in [0.2, 0.25) is 0 Å². The van der Waals surface area contributed by atoms with Crippen LogP contribution < -0.4 is 0 Å². The van der Waals surface area contributed by atoms with Gasteiger partial charge in [0.25, 0.3) is 0 Å². The molecule has 72 valence electrons. The van der Waals surface area contributed by atoms with E-state index in [-0.39, 0.29) is 0 Å².